The van der Waals surface area contributed by atoms with Crippen molar-refractivity contribution in [2.45, 2.75) is 46.3 Å². The highest BCUT2D eigenvalue weighted by atomic mass is 32.2. The predicted molar refractivity (Wildman–Crippen MR) is 61.9 cm³/mol. The van der Waals surface area contributed by atoms with Crippen LogP contribution in [-0.4, -0.2) is 11.0 Å². The van der Waals surface area contributed by atoms with Gasteiger partial charge in [-0.05, 0) is 27.2 Å². The average Bonchev–Trinajstić information content (AvgIpc) is 2.18. The van der Waals surface area contributed by atoms with Crippen molar-refractivity contribution in [2.24, 2.45) is 10.8 Å². The smallest absolute Gasteiger partial charge is 0.0399 e. The summed E-state index contributed by atoms with van der Waals surface area (Å²) in [4.78, 5) is 0. The van der Waals surface area contributed by atoms with Crippen molar-refractivity contribution >= 4 is 11.8 Å². The summed E-state index contributed by atoms with van der Waals surface area (Å²) in [5.41, 5.74) is 0.421. The van der Waals surface area contributed by atoms with Crippen LogP contribution in [0.4, 0.5) is 0 Å². The first-order chi connectivity index (χ1) is 5.90. The second kappa shape index (κ2) is 3.58. The summed E-state index contributed by atoms with van der Waals surface area (Å²) in [7, 11) is 0. The van der Waals surface area contributed by atoms with Crippen LogP contribution < -0.4 is 0 Å². The fraction of sp³-hybridized carbons (Fsp3) is 0.833. The molecule has 1 aliphatic heterocycles. The van der Waals surface area contributed by atoms with Crippen molar-refractivity contribution in [3.8, 4) is 11.8 Å². The van der Waals surface area contributed by atoms with Gasteiger partial charge in [0.25, 0.3) is 0 Å². The highest BCUT2D eigenvalue weighted by molar-refractivity contribution is 8.00. The normalized spacial score (nSPS) is 37.5. The molecule has 0 fully saturated rings. The maximum atomic E-state index is 3.48. The Hall–Kier alpha value is -0.0900. The fourth-order valence-electron chi connectivity index (χ4n) is 1.34. The molecular formula is C12H20S. The Morgan fingerprint density at radius 2 is 1.92 bits per heavy atom. The molecule has 0 saturated heterocycles. The molecule has 0 amide bonds. The standard InChI is InChI=1S/C12H20S/c1-6-12(5)8-7-11(3,4)9-13-10(12)2/h10H,6,9H2,1-5H3. The van der Waals surface area contributed by atoms with E-state index >= 15 is 0 Å². The lowest BCUT2D eigenvalue weighted by atomic mass is 9.83. The highest BCUT2D eigenvalue weighted by Crippen LogP contribution is 2.39. The van der Waals surface area contributed by atoms with Crippen LogP contribution >= 0.6 is 11.8 Å². The molecule has 2 unspecified atom stereocenters. The first-order valence-corrected chi connectivity index (χ1v) is 6.10. The molecule has 0 radical (unpaired) electrons. The van der Waals surface area contributed by atoms with E-state index in [0.29, 0.717) is 5.25 Å². The Labute approximate surface area is 86.9 Å². The number of hydrogen-bond acceptors (Lipinski definition) is 1. The molecule has 0 aromatic rings. The molecule has 0 nitrogen and oxygen atoms in total. The summed E-state index contributed by atoms with van der Waals surface area (Å²) in [6.07, 6.45) is 1.16. The van der Waals surface area contributed by atoms with E-state index in [4.69, 9.17) is 0 Å². The van der Waals surface area contributed by atoms with Gasteiger partial charge in [-0.2, -0.15) is 11.8 Å². The van der Waals surface area contributed by atoms with Gasteiger partial charge in [0.05, 0.1) is 0 Å². The van der Waals surface area contributed by atoms with Crippen molar-refractivity contribution in [1.82, 2.24) is 0 Å². The minimum absolute atomic E-state index is 0.200. The van der Waals surface area contributed by atoms with E-state index in [0.717, 1.165) is 12.2 Å². The Kier molecular flexibility index (Phi) is 3.02. The first-order valence-electron chi connectivity index (χ1n) is 5.05. The van der Waals surface area contributed by atoms with Crippen LogP contribution in [0.2, 0.25) is 0 Å². The van der Waals surface area contributed by atoms with Crippen LogP contribution in [0, 0.1) is 22.7 Å². The lowest BCUT2D eigenvalue weighted by Gasteiger charge is -2.28. The van der Waals surface area contributed by atoms with Crippen LogP contribution in [0.15, 0.2) is 0 Å². The van der Waals surface area contributed by atoms with Gasteiger partial charge in [0.1, 0.15) is 0 Å². The highest BCUT2D eigenvalue weighted by Gasteiger charge is 2.32. The third-order valence-electron chi connectivity index (χ3n) is 3.01. The molecule has 1 aliphatic rings. The van der Waals surface area contributed by atoms with Crippen LogP contribution in [0.5, 0.6) is 0 Å². The molecular weight excluding hydrogens is 176 g/mol. The molecule has 0 N–H and O–H groups in total. The molecule has 0 aliphatic carbocycles. The van der Waals surface area contributed by atoms with Crippen LogP contribution in [0.1, 0.15) is 41.0 Å². The van der Waals surface area contributed by atoms with Gasteiger partial charge in [-0.1, -0.05) is 25.7 Å². The van der Waals surface area contributed by atoms with E-state index in [1.54, 1.807) is 0 Å². The summed E-state index contributed by atoms with van der Waals surface area (Å²) < 4.78 is 0. The van der Waals surface area contributed by atoms with Crippen molar-refractivity contribution < 1.29 is 0 Å². The van der Waals surface area contributed by atoms with Crippen molar-refractivity contribution in [2.75, 3.05) is 5.75 Å². The van der Waals surface area contributed by atoms with Gasteiger partial charge in [0.15, 0.2) is 0 Å². The Morgan fingerprint density at radius 1 is 1.31 bits per heavy atom. The minimum atomic E-state index is 0.200. The monoisotopic (exact) mass is 196 g/mol. The summed E-state index contributed by atoms with van der Waals surface area (Å²) in [6, 6.07) is 0. The Morgan fingerprint density at radius 3 is 2.46 bits per heavy atom. The van der Waals surface area contributed by atoms with Gasteiger partial charge in [0, 0.05) is 21.8 Å². The van der Waals surface area contributed by atoms with Crippen LogP contribution in [0.25, 0.3) is 0 Å². The Balaban J connectivity index is 2.93. The SMILES string of the molecule is CCC1(C)C#CC(C)(C)CSC1C. The summed E-state index contributed by atoms with van der Waals surface area (Å²) >= 11 is 2.05. The maximum Gasteiger partial charge on any atom is 0.0399 e. The molecule has 1 rings (SSSR count). The number of rotatable bonds is 1. The van der Waals surface area contributed by atoms with Crippen LogP contribution in [-0.2, 0) is 0 Å². The molecule has 0 spiro atoms. The molecule has 0 saturated carbocycles. The Bertz CT molecular complexity index is 244. The van der Waals surface area contributed by atoms with E-state index in [2.05, 4.69) is 58.2 Å². The summed E-state index contributed by atoms with van der Waals surface area (Å²) in [5.74, 6) is 8.06. The lowest BCUT2D eigenvalue weighted by Crippen LogP contribution is -2.24. The van der Waals surface area contributed by atoms with Gasteiger partial charge in [-0.15, -0.1) is 0 Å². The van der Waals surface area contributed by atoms with Crippen molar-refractivity contribution in [1.29, 1.82) is 0 Å². The topological polar surface area (TPSA) is 0 Å². The quantitative estimate of drug-likeness (QED) is 0.578. The zero-order chi connectivity index (χ0) is 10.1. The fourth-order valence-corrected chi connectivity index (χ4v) is 2.68. The van der Waals surface area contributed by atoms with Crippen molar-refractivity contribution in [3.63, 3.8) is 0 Å². The van der Waals surface area contributed by atoms with Gasteiger partial charge in [0.2, 0.25) is 0 Å². The molecule has 13 heavy (non-hydrogen) atoms. The zero-order valence-electron chi connectivity index (χ0n) is 9.40. The summed E-state index contributed by atoms with van der Waals surface area (Å²) in [6.45, 7) is 11.3. The lowest BCUT2D eigenvalue weighted by molar-refractivity contribution is 0.429. The minimum Gasteiger partial charge on any atom is -0.156 e. The molecule has 2 atom stereocenters. The third-order valence-corrected chi connectivity index (χ3v) is 4.92. The molecule has 74 valence electrons. The average molecular weight is 196 g/mol. The second-order valence-corrected chi connectivity index (χ2v) is 6.19. The largest absolute Gasteiger partial charge is 0.156 e. The van der Waals surface area contributed by atoms with E-state index in [1.165, 1.54) is 0 Å². The predicted octanol–water partition coefficient (Wildman–Crippen LogP) is 3.57. The third kappa shape index (κ3) is 2.44. The zero-order valence-corrected chi connectivity index (χ0v) is 10.2. The van der Waals surface area contributed by atoms with Crippen LogP contribution in [0.3, 0.4) is 0 Å². The molecule has 0 aromatic heterocycles. The maximum absolute atomic E-state index is 3.48. The van der Waals surface area contributed by atoms with E-state index < -0.39 is 0 Å². The molecule has 0 aromatic carbocycles. The first kappa shape index (κ1) is 11.0. The number of thioether (sulfide) groups is 1. The van der Waals surface area contributed by atoms with E-state index in [9.17, 15) is 0 Å². The van der Waals surface area contributed by atoms with E-state index in [-0.39, 0.29) is 10.8 Å². The van der Waals surface area contributed by atoms with Gasteiger partial charge >= 0.3 is 0 Å². The molecule has 1 heterocycles. The van der Waals surface area contributed by atoms with Crippen molar-refractivity contribution in [3.05, 3.63) is 0 Å². The molecule has 1 heteroatoms. The van der Waals surface area contributed by atoms with Gasteiger partial charge in [-0.25, -0.2) is 0 Å². The summed E-state index contributed by atoms with van der Waals surface area (Å²) in [5, 5.41) is 0.659. The van der Waals surface area contributed by atoms with Gasteiger partial charge < -0.3 is 0 Å². The second-order valence-electron chi connectivity index (χ2n) is 4.86. The van der Waals surface area contributed by atoms with Gasteiger partial charge in [-0.3, -0.25) is 0 Å². The van der Waals surface area contributed by atoms with E-state index in [1.807, 2.05) is 0 Å². The molecule has 0 bridgehead atoms. The number of hydrogen-bond donors (Lipinski definition) is 0.